The number of hydrogen-bond donors (Lipinski definition) is 2. The Morgan fingerprint density at radius 3 is 2.61 bits per heavy atom. The van der Waals surface area contributed by atoms with Crippen molar-refractivity contribution in [3.05, 3.63) is 90.3 Å². The molecule has 2 heterocycles. The summed E-state index contributed by atoms with van der Waals surface area (Å²) in [5.74, 6) is 5.38. The van der Waals surface area contributed by atoms with Crippen molar-refractivity contribution < 1.29 is 9.59 Å². The molecule has 2 N–H and O–H groups in total. The van der Waals surface area contributed by atoms with Gasteiger partial charge in [0.15, 0.2) is 0 Å². The molecular formula is C24H19N5O2. The third-order valence-electron chi connectivity index (χ3n) is 4.47. The van der Waals surface area contributed by atoms with Crippen molar-refractivity contribution in [3.63, 3.8) is 0 Å². The van der Waals surface area contributed by atoms with Gasteiger partial charge in [-0.15, -0.1) is 0 Å². The highest BCUT2D eigenvalue weighted by molar-refractivity contribution is 6.43. The molecule has 0 fully saturated rings. The molecule has 4 rings (SSSR count). The van der Waals surface area contributed by atoms with Crippen LogP contribution >= 0.6 is 0 Å². The van der Waals surface area contributed by atoms with Crippen molar-refractivity contribution in [2.24, 2.45) is 4.99 Å². The van der Waals surface area contributed by atoms with Crippen LogP contribution in [0.15, 0.2) is 84.0 Å². The van der Waals surface area contributed by atoms with Crippen LogP contribution in [0.25, 0.3) is 0 Å². The van der Waals surface area contributed by atoms with E-state index < -0.39 is 11.9 Å². The van der Waals surface area contributed by atoms with Crippen LogP contribution in [0.1, 0.15) is 18.2 Å². The van der Waals surface area contributed by atoms with Crippen molar-refractivity contribution in [3.8, 4) is 11.8 Å². The summed E-state index contributed by atoms with van der Waals surface area (Å²) in [6.07, 6.45) is 1.68. The molecule has 0 bridgehead atoms. The van der Waals surface area contributed by atoms with Crippen molar-refractivity contribution >= 4 is 29.0 Å². The van der Waals surface area contributed by atoms with Crippen LogP contribution in [0, 0.1) is 11.8 Å². The van der Waals surface area contributed by atoms with Gasteiger partial charge >= 0.3 is 0 Å². The summed E-state index contributed by atoms with van der Waals surface area (Å²) in [4.78, 5) is 33.7. The molecule has 1 aliphatic rings. The highest BCUT2D eigenvalue weighted by atomic mass is 16.2. The first-order valence-electron chi connectivity index (χ1n) is 9.68. The Bertz CT molecular complexity index is 1200. The number of benzene rings is 2. The number of hydrazine groups is 1. The Kier molecular flexibility index (Phi) is 5.72. The third-order valence-corrected chi connectivity index (χ3v) is 4.47. The molecule has 1 aliphatic heterocycles. The van der Waals surface area contributed by atoms with Gasteiger partial charge in [0, 0.05) is 17.4 Å². The monoisotopic (exact) mass is 409 g/mol. The maximum absolute atomic E-state index is 12.8. The molecule has 7 nitrogen and oxygen atoms in total. The van der Waals surface area contributed by atoms with Gasteiger partial charge in [-0.1, -0.05) is 36.3 Å². The quantitative estimate of drug-likeness (QED) is 0.652. The number of carbonyl (C=O) groups excluding carboxylic acids is 2. The summed E-state index contributed by atoms with van der Waals surface area (Å²) in [6.45, 7) is 1.65. The highest BCUT2D eigenvalue weighted by Gasteiger charge is 2.30. The predicted octanol–water partition coefficient (Wildman–Crippen LogP) is 2.76. The minimum atomic E-state index is -0.683. The van der Waals surface area contributed by atoms with Crippen molar-refractivity contribution in [1.29, 1.82) is 0 Å². The summed E-state index contributed by atoms with van der Waals surface area (Å²) in [5, 5.41) is 4.14. The van der Waals surface area contributed by atoms with E-state index in [1.54, 1.807) is 43.5 Å². The molecule has 3 aromatic rings. The molecule has 0 aliphatic carbocycles. The number of para-hydroxylation sites is 1. The Morgan fingerprint density at radius 1 is 1.03 bits per heavy atom. The Morgan fingerprint density at radius 2 is 1.84 bits per heavy atom. The van der Waals surface area contributed by atoms with E-state index in [1.165, 1.54) is 5.01 Å². The summed E-state index contributed by atoms with van der Waals surface area (Å²) >= 11 is 0. The molecule has 0 unspecified atom stereocenters. The number of hydrogen-bond acceptors (Lipinski definition) is 5. The molecule has 0 saturated heterocycles. The number of aromatic nitrogens is 1. The first-order chi connectivity index (χ1) is 15.1. The maximum atomic E-state index is 12.8. The second-order valence-corrected chi connectivity index (χ2v) is 6.77. The average Bonchev–Trinajstić information content (AvgIpc) is 2.81. The maximum Gasteiger partial charge on any atom is 0.292 e. The molecule has 152 valence electrons. The Labute approximate surface area is 179 Å². The number of aliphatic imine (C=N–C) groups is 1. The lowest BCUT2D eigenvalue weighted by molar-refractivity contribution is -0.120. The lowest BCUT2D eigenvalue weighted by atomic mass is 10.2. The summed E-state index contributed by atoms with van der Waals surface area (Å²) in [6, 6.07) is 21.1. The van der Waals surface area contributed by atoms with Gasteiger partial charge in [0.2, 0.25) is 5.84 Å². The summed E-state index contributed by atoms with van der Waals surface area (Å²) in [5.41, 5.74) is 5.41. The van der Waals surface area contributed by atoms with E-state index in [-0.39, 0.29) is 11.7 Å². The number of rotatable bonds is 3. The number of nitrogens with one attached hydrogen (secondary N) is 2. The topological polar surface area (TPSA) is 86.7 Å². The van der Waals surface area contributed by atoms with Gasteiger partial charge in [-0.25, -0.2) is 15.0 Å². The Balaban J connectivity index is 1.50. The van der Waals surface area contributed by atoms with E-state index in [0.29, 0.717) is 17.1 Å². The fourth-order valence-corrected chi connectivity index (χ4v) is 2.94. The molecule has 2 aromatic carbocycles. The first-order valence-corrected chi connectivity index (χ1v) is 9.68. The molecule has 2 amide bonds. The lowest BCUT2D eigenvalue weighted by Gasteiger charge is -2.30. The van der Waals surface area contributed by atoms with Crippen LogP contribution in [0.2, 0.25) is 0 Å². The van der Waals surface area contributed by atoms with Crippen LogP contribution in [-0.4, -0.2) is 28.7 Å². The summed E-state index contributed by atoms with van der Waals surface area (Å²) in [7, 11) is 0. The van der Waals surface area contributed by atoms with Crippen molar-refractivity contribution in [2.45, 2.75) is 13.0 Å². The van der Waals surface area contributed by atoms with Crippen LogP contribution in [0.5, 0.6) is 0 Å². The fraction of sp³-hybridized carbons (Fsp3) is 0.0833. The van der Waals surface area contributed by atoms with Gasteiger partial charge in [0.1, 0.15) is 11.7 Å². The molecule has 31 heavy (non-hydrogen) atoms. The van der Waals surface area contributed by atoms with E-state index in [1.807, 2.05) is 42.5 Å². The van der Waals surface area contributed by atoms with Crippen LogP contribution in [-0.2, 0) is 9.59 Å². The van der Waals surface area contributed by atoms with Crippen molar-refractivity contribution in [1.82, 2.24) is 10.4 Å². The van der Waals surface area contributed by atoms with Crippen LogP contribution in [0.4, 0.5) is 11.4 Å². The van der Waals surface area contributed by atoms with Gasteiger partial charge in [0.05, 0.1) is 5.69 Å². The first kappa shape index (κ1) is 19.9. The zero-order valence-corrected chi connectivity index (χ0v) is 16.7. The van der Waals surface area contributed by atoms with E-state index in [9.17, 15) is 9.59 Å². The highest BCUT2D eigenvalue weighted by Crippen LogP contribution is 2.17. The molecule has 7 heteroatoms. The largest absolute Gasteiger partial charge is 0.319 e. The van der Waals surface area contributed by atoms with Gasteiger partial charge in [-0.05, 0) is 55.3 Å². The molecule has 0 saturated carbocycles. The predicted molar refractivity (Wildman–Crippen MR) is 119 cm³/mol. The van der Waals surface area contributed by atoms with E-state index in [0.717, 1.165) is 5.56 Å². The number of nitrogens with zero attached hydrogens (tertiary/aromatic N) is 3. The second-order valence-electron chi connectivity index (χ2n) is 6.77. The van der Waals surface area contributed by atoms with Gasteiger partial charge in [-0.3, -0.25) is 15.0 Å². The smallest absolute Gasteiger partial charge is 0.292 e. The number of amides is 2. The molecule has 0 spiro atoms. The standard InChI is InChI=1S/C24H19N5O2/c1-17-24(31)29(21-11-3-2-4-12-21)28-22(26-17)23(30)27-20-10-7-8-18(16-20)13-14-19-9-5-6-15-25-19/h2-12,15-17H,1H3,(H,26,28)(H,27,30)/t17-/m1/s1. The number of anilines is 2. The fourth-order valence-electron chi connectivity index (χ4n) is 2.94. The van der Waals surface area contributed by atoms with Gasteiger partial charge < -0.3 is 5.32 Å². The normalized spacial score (nSPS) is 15.3. The molecule has 0 radical (unpaired) electrons. The summed E-state index contributed by atoms with van der Waals surface area (Å²) < 4.78 is 0. The van der Waals surface area contributed by atoms with Gasteiger partial charge in [-0.2, -0.15) is 0 Å². The Hall–Kier alpha value is -4.44. The van der Waals surface area contributed by atoms with Crippen LogP contribution in [0.3, 0.4) is 0 Å². The minimum absolute atomic E-state index is 0.0564. The lowest BCUT2D eigenvalue weighted by Crippen LogP contribution is -2.57. The minimum Gasteiger partial charge on any atom is -0.319 e. The van der Waals surface area contributed by atoms with E-state index in [4.69, 9.17) is 0 Å². The van der Waals surface area contributed by atoms with Crippen LogP contribution < -0.4 is 15.8 Å². The zero-order valence-electron chi connectivity index (χ0n) is 16.7. The number of carbonyl (C=O) groups is 2. The van der Waals surface area contributed by atoms with E-state index >= 15 is 0 Å². The number of amidine groups is 1. The van der Waals surface area contributed by atoms with E-state index in [2.05, 4.69) is 32.6 Å². The number of pyridine rings is 1. The third kappa shape index (κ3) is 4.77. The average molecular weight is 409 g/mol. The SMILES string of the molecule is C[C@H]1N=C(C(=O)Nc2cccc(C#Cc3ccccn3)c2)NN(c2ccccc2)C1=O. The molecule has 1 atom stereocenters. The molecule has 1 aromatic heterocycles. The second kappa shape index (κ2) is 8.93. The zero-order chi connectivity index (χ0) is 21.6. The molecular weight excluding hydrogens is 390 g/mol. The van der Waals surface area contributed by atoms with Gasteiger partial charge in [0.25, 0.3) is 11.8 Å². The van der Waals surface area contributed by atoms with Crippen molar-refractivity contribution in [2.75, 3.05) is 10.3 Å².